The summed E-state index contributed by atoms with van der Waals surface area (Å²) in [7, 11) is 0. The first-order valence-electron chi connectivity index (χ1n) is 7.80. The lowest BCUT2D eigenvalue weighted by Crippen LogP contribution is -2.34. The maximum Gasteiger partial charge on any atom is 0.255 e. The van der Waals surface area contributed by atoms with Crippen LogP contribution in [0.5, 0.6) is 0 Å². The van der Waals surface area contributed by atoms with Gasteiger partial charge in [0.15, 0.2) is 0 Å². The fourth-order valence-corrected chi connectivity index (χ4v) is 3.03. The molecule has 0 aliphatic heterocycles. The summed E-state index contributed by atoms with van der Waals surface area (Å²) in [4.78, 5) is 14.7. The number of hydrogen-bond acceptors (Lipinski definition) is 2. The van der Waals surface area contributed by atoms with Gasteiger partial charge in [-0.1, -0.05) is 0 Å². The molecule has 0 N–H and O–H groups in total. The summed E-state index contributed by atoms with van der Waals surface area (Å²) in [6.45, 7) is 9.66. The minimum atomic E-state index is 0.0807. The van der Waals surface area contributed by atoms with Crippen LogP contribution in [0.1, 0.15) is 60.9 Å². The molecule has 1 aromatic rings. The summed E-state index contributed by atoms with van der Waals surface area (Å²) in [5, 5.41) is 8.80. The van der Waals surface area contributed by atoms with Crippen LogP contribution >= 0.6 is 0 Å². The first-order valence-corrected chi connectivity index (χ1v) is 7.80. The molecule has 1 heterocycles. The number of aryl methyl sites for hydroxylation is 1. The van der Waals surface area contributed by atoms with E-state index in [-0.39, 0.29) is 5.91 Å². The molecule has 21 heavy (non-hydrogen) atoms. The Bertz CT molecular complexity index is 561. The van der Waals surface area contributed by atoms with Crippen LogP contribution in [0.2, 0.25) is 0 Å². The highest BCUT2D eigenvalue weighted by atomic mass is 16.2. The lowest BCUT2D eigenvalue weighted by atomic mass is 10.2. The summed E-state index contributed by atoms with van der Waals surface area (Å²) in [6, 6.07) is 4.49. The van der Waals surface area contributed by atoms with Gasteiger partial charge in [0.1, 0.15) is 0 Å². The van der Waals surface area contributed by atoms with Crippen LogP contribution in [0, 0.1) is 31.1 Å². The van der Waals surface area contributed by atoms with Gasteiger partial charge in [-0.05, 0) is 52.5 Å². The Kier molecular flexibility index (Phi) is 4.72. The number of nitrogens with zero attached hydrogens (tertiary/aromatic N) is 3. The molecule has 1 amide bonds. The first kappa shape index (κ1) is 15.6. The van der Waals surface area contributed by atoms with Crippen molar-refractivity contribution in [3.8, 4) is 6.07 Å². The fraction of sp³-hybridized carbons (Fsp3) is 0.647. The zero-order valence-corrected chi connectivity index (χ0v) is 13.5. The van der Waals surface area contributed by atoms with E-state index in [2.05, 4.69) is 24.5 Å². The maximum atomic E-state index is 12.8. The van der Waals surface area contributed by atoms with Gasteiger partial charge in [0.05, 0.1) is 18.1 Å². The predicted octanol–water partition coefficient (Wildman–Crippen LogP) is 3.45. The molecular formula is C17H25N3O. The topological polar surface area (TPSA) is 49.0 Å². The van der Waals surface area contributed by atoms with E-state index in [1.165, 1.54) is 12.8 Å². The van der Waals surface area contributed by atoms with Crippen molar-refractivity contribution in [3.63, 3.8) is 0 Å². The SMILES string of the molecule is Cc1cc(C(=O)N(CCC#N)CC2CC2)c(C)n1C(C)C. The third-order valence-electron chi connectivity index (χ3n) is 4.19. The van der Waals surface area contributed by atoms with E-state index in [1.807, 2.05) is 24.8 Å². The van der Waals surface area contributed by atoms with Crippen LogP contribution in [0.3, 0.4) is 0 Å². The zero-order valence-electron chi connectivity index (χ0n) is 13.5. The largest absolute Gasteiger partial charge is 0.346 e. The zero-order chi connectivity index (χ0) is 15.6. The molecule has 4 nitrogen and oxygen atoms in total. The molecule has 114 valence electrons. The molecule has 0 unspecified atom stereocenters. The highest BCUT2D eigenvalue weighted by Gasteiger charge is 2.28. The van der Waals surface area contributed by atoms with Crippen molar-refractivity contribution in [2.45, 2.75) is 53.0 Å². The third kappa shape index (κ3) is 3.47. The number of hydrogen-bond donors (Lipinski definition) is 0. The Morgan fingerprint density at radius 3 is 2.62 bits per heavy atom. The molecule has 1 saturated carbocycles. The van der Waals surface area contributed by atoms with Crippen molar-refractivity contribution >= 4 is 5.91 Å². The van der Waals surface area contributed by atoms with Crippen LogP contribution in [-0.2, 0) is 0 Å². The Labute approximate surface area is 127 Å². The molecule has 0 spiro atoms. The van der Waals surface area contributed by atoms with Gasteiger partial charge in [-0.25, -0.2) is 0 Å². The molecule has 2 rings (SSSR count). The molecule has 0 bridgehead atoms. The Hall–Kier alpha value is -1.76. The summed E-state index contributed by atoms with van der Waals surface area (Å²) >= 11 is 0. The molecule has 0 atom stereocenters. The van der Waals surface area contributed by atoms with Crippen molar-refractivity contribution in [2.75, 3.05) is 13.1 Å². The summed E-state index contributed by atoms with van der Waals surface area (Å²) in [5.41, 5.74) is 2.95. The molecule has 1 aromatic heterocycles. The Balaban J connectivity index is 2.23. The van der Waals surface area contributed by atoms with Crippen molar-refractivity contribution in [3.05, 3.63) is 23.0 Å². The van der Waals surface area contributed by atoms with E-state index in [4.69, 9.17) is 5.26 Å². The predicted molar refractivity (Wildman–Crippen MR) is 83.1 cm³/mol. The van der Waals surface area contributed by atoms with E-state index >= 15 is 0 Å². The standard InChI is InChI=1S/C17H25N3O/c1-12(2)20-13(3)10-16(14(20)4)17(21)19(9-5-8-18)11-15-6-7-15/h10,12,15H,5-7,9,11H2,1-4H3. The average Bonchev–Trinajstić information content (AvgIpc) is 3.18. The number of carbonyl (C=O) groups excluding carboxylic acids is 1. The first-order chi connectivity index (χ1) is 9.95. The van der Waals surface area contributed by atoms with Gasteiger partial charge in [-0.3, -0.25) is 4.79 Å². The number of rotatable bonds is 6. The normalized spacial score (nSPS) is 14.3. The lowest BCUT2D eigenvalue weighted by Gasteiger charge is -2.22. The molecule has 0 radical (unpaired) electrons. The summed E-state index contributed by atoms with van der Waals surface area (Å²) in [5.74, 6) is 0.721. The second-order valence-corrected chi connectivity index (χ2v) is 6.35. The number of carbonyl (C=O) groups is 1. The third-order valence-corrected chi connectivity index (χ3v) is 4.19. The molecule has 1 fully saturated rings. The molecular weight excluding hydrogens is 262 g/mol. The van der Waals surface area contributed by atoms with Crippen LogP contribution in [0.15, 0.2) is 6.07 Å². The van der Waals surface area contributed by atoms with Crippen LogP contribution < -0.4 is 0 Å². The van der Waals surface area contributed by atoms with E-state index in [9.17, 15) is 4.79 Å². The van der Waals surface area contributed by atoms with Gasteiger partial charge in [0.25, 0.3) is 5.91 Å². The van der Waals surface area contributed by atoms with Crippen molar-refractivity contribution in [1.29, 1.82) is 5.26 Å². The number of amides is 1. The van der Waals surface area contributed by atoms with Crippen molar-refractivity contribution in [2.24, 2.45) is 5.92 Å². The van der Waals surface area contributed by atoms with Gasteiger partial charge in [-0.15, -0.1) is 0 Å². The monoisotopic (exact) mass is 287 g/mol. The van der Waals surface area contributed by atoms with Crippen LogP contribution in [0.25, 0.3) is 0 Å². The Morgan fingerprint density at radius 1 is 1.48 bits per heavy atom. The minimum absolute atomic E-state index is 0.0807. The average molecular weight is 287 g/mol. The van der Waals surface area contributed by atoms with E-state index in [0.29, 0.717) is 24.9 Å². The van der Waals surface area contributed by atoms with E-state index in [1.54, 1.807) is 0 Å². The fourth-order valence-electron chi connectivity index (χ4n) is 3.03. The second kappa shape index (κ2) is 6.34. The maximum absolute atomic E-state index is 12.8. The highest BCUT2D eigenvalue weighted by molar-refractivity contribution is 5.95. The van der Waals surface area contributed by atoms with Gasteiger partial charge in [0, 0.05) is 30.5 Å². The molecule has 4 heteroatoms. The lowest BCUT2D eigenvalue weighted by molar-refractivity contribution is 0.0750. The molecule has 1 aliphatic rings. The molecule has 0 aromatic carbocycles. The van der Waals surface area contributed by atoms with Gasteiger partial charge in [-0.2, -0.15) is 5.26 Å². The van der Waals surface area contributed by atoms with E-state index in [0.717, 1.165) is 23.5 Å². The smallest absolute Gasteiger partial charge is 0.255 e. The molecule has 1 aliphatic carbocycles. The molecule has 0 saturated heterocycles. The van der Waals surface area contributed by atoms with Gasteiger partial charge >= 0.3 is 0 Å². The quantitative estimate of drug-likeness (QED) is 0.804. The van der Waals surface area contributed by atoms with Gasteiger partial charge in [0.2, 0.25) is 0 Å². The van der Waals surface area contributed by atoms with Crippen molar-refractivity contribution in [1.82, 2.24) is 9.47 Å². The van der Waals surface area contributed by atoms with Gasteiger partial charge < -0.3 is 9.47 Å². The number of aromatic nitrogens is 1. The van der Waals surface area contributed by atoms with E-state index < -0.39 is 0 Å². The highest BCUT2D eigenvalue weighted by Crippen LogP contribution is 2.31. The van der Waals surface area contributed by atoms with Crippen LogP contribution in [-0.4, -0.2) is 28.5 Å². The number of nitriles is 1. The Morgan fingerprint density at radius 2 is 2.14 bits per heavy atom. The van der Waals surface area contributed by atoms with Crippen LogP contribution in [0.4, 0.5) is 0 Å². The minimum Gasteiger partial charge on any atom is -0.346 e. The second-order valence-electron chi connectivity index (χ2n) is 6.35. The summed E-state index contributed by atoms with van der Waals surface area (Å²) in [6.07, 6.45) is 2.82. The van der Waals surface area contributed by atoms with Crippen molar-refractivity contribution < 1.29 is 4.79 Å². The summed E-state index contributed by atoms with van der Waals surface area (Å²) < 4.78 is 2.20.